The Balaban J connectivity index is 3.87. The summed E-state index contributed by atoms with van der Waals surface area (Å²) in [5.74, 6) is -0.638. The second-order valence-corrected chi connectivity index (χ2v) is 2.30. The van der Waals surface area contributed by atoms with Crippen LogP contribution < -0.4 is 0 Å². The van der Waals surface area contributed by atoms with E-state index in [0.29, 0.717) is 12.0 Å². The SMILES string of the molecule is C/C=C(\CCCC)C(=O)OO. The van der Waals surface area contributed by atoms with Crippen LogP contribution in [0.15, 0.2) is 11.6 Å². The van der Waals surface area contributed by atoms with E-state index in [1.165, 1.54) is 0 Å². The van der Waals surface area contributed by atoms with Gasteiger partial charge in [0.25, 0.3) is 0 Å². The molecule has 0 aromatic rings. The molecule has 64 valence electrons. The van der Waals surface area contributed by atoms with Crippen LogP contribution in [0.5, 0.6) is 0 Å². The summed E-state index contributed by atoms with van der Waals surface area (Å²) >= 11 is 0. The van der Waals surface area contributed by atoms with Gasteiger partial charge in [-0.25, -0.2) is 4.79 Å². The zero-order chi connectivity index (χ0) is 8.69. The summed E-state index contributed by atoms with van der Waals surface area (Å²) in [6.45, 7) is 3.79. The van der Waals surface area contributed by atoms with Gasteiger partial charge in [0, 0.05) is 5.57 Å². The van der Waals surface area contributed by atoms with E-state index < -0.39 is 5.97 Å². The number of carbonyl (C=O) groups excluding carboxylic acids is 1. The van der Waals surface area contributed by atoms with Gasteiger partial charge in [0.2, 0.25) is 0 Å². The zero-order valence-electron chi connectivity index (χ0n) is 6.96. The van der Waals surface area contributed by atoms with Crippen LogP contribution in [0.3, 0.4) is 0 Å². The second-order valence-electron chi connectivity index (χ2n) is 2.30. The molecule has 3 heteroatoms. The normalized spacial score (nSPS) is 11.4. The average Bonchev–Trinajstić information content (AvgIpc) is 2.05. The van der Waals surface area contributed by atoms with Crippen LogP contribution in [0.4, 0.5) is 0 Å². The van der Waals surface area contributed by atoms with Crippen molar-refractivity contribution in [1.29, 1.82) is 0 Å². The predicted molar refractivity (Wildman–Crippen MR) is 42.0 cm³/mol. The molecular formula is C8H14O3. The first-order chi connectivity index (χ1) is 5.26. The molecule has 11 heavy (non-hydrogen) atoms. The minimum absolute atomic E-state index is 0.536. The molecule has 0 aliphatic carbocycles. The lowest BCUT2D eigenvalue weighted by atomic mass is 10.1. The minimum atomic E-state index is -0.638. The maximum absolute atomic E-state index is 10.7. The van der Waals surface area contributed by atoms with E-state index in [1.54, 1.807) is 13.0 Å². The summed E-state index contributed by atoms with van der Waals surface area (Å²) in [6.07, 6.45) is 4.30. The van der Waals surface area contributed by atoms with Crippen LogP contribution in [0, 0.1) is 0 Å². The summed E-state index contributed by atoms with van der Waals surface area (Å²) in [6, 6.07) is 0. The van der Waals surface area contributed by atoms with Crippen LogP contribution >= 0.6 is 0 Å². The molecule has 0 aliphatic rings. The van der Waals surface area contributed by atoms with Gasteiger partial charge >= 0.3 is 5.97 Å². The number of carbonyl (C=O) groups is 1. The molecule has 0 aromatic carbocycles. The molecule has 3 nitrogen and oxygen atoms in total. The molecule has 0 amide bonds. The summed E-state index contributed by atoms with van der Waals surface area (Å²) < 4.78 is 0. The van der Waals surface area contributed by atoms with Crippen molar-refractivity contribution in [2.24, 2.45) is 0 Å². The maximum Gasteiger partial charge on any atom is 0.368 e. The molecule has 0 radical (unpaired) electrons. The zero-order valence-corrected chi connectivity index (χ0v) is 6.96. The van der Waals surface area contributed by atoms with Crippen molar-refractivity contribution in [3.05, 3.63) is 11.6 Å². The fraction of sp³-hybridized carbons (Fsp3) is 0.625. The summed E-state index contributed by atoms with van der Waals surface area (Å²) in [5.41, 5.74) is 0.536. The largest absolute Gasteiger partial charge is 0.368 e. The topological polar surface area (TPSA) is 46.5 Å². The second kappa shape index (κ2) is 5.92. The summed E-state index contributed by atoms with van der Waals surface area (Å²) in [7, 11) is 0. The Bertz CT molecular complexity index is 149. The number of hydrogen-bond acceptors (Lipinski definition) is 3. The van der Waals surface area contributed by atoms with E-state index in [9.17, 15) is 4.79 Å². The molecule has 0 atom stereocenters. The lowest BCUT2D eigenvalue weighted by Gasteiger charge is -2.00. The predicted octanol–water partition coefficient (Wildman–Crippen LogP) is 2.14. The minimum Gasteiger partial charge on any atom is -0.296 e. The van der Waals surface area contributed by atoms with Gasteiger partial charge in [-0.2, -0.15) is 5.26 Å². The molecule has 0 spiro atoms. The van der Waals surface area contributed by atoms with Gasteiger partial charge in [-0.3, -0.25) is 4.89 Å². The van der Waals surface area contributed by atoms with Crippen molar-refractivity contribution in [2.45, 2.75) is 33.1 Å². The fourth-order valence-electron chi connectivity index (χ4n) is 0.790. The van der Waals surface area contributed by atoms with Crippen LogP contribution in [0.25, 0.3) is 0 Å². The van der Waals surface area contributed by atoms with E-state index in [2.05, 4.69) is 4.89 Å². The van der Waals surface area contributed by atoms with E-state index in [-0.39, 0.29) is 0 Å². The number of unbranched alkanes of at least 4 members (excludes halogenated alkanes) is 1. The summed E-state index contributed by atoms with van der Waals surface area (Å²) in [4.78, 5) is 14.3. The van der Waals surface area contributed by atoms with Crippen molar-refractivity contribution in [3.63, 3.8) is 0 Å². The van der Waals surface area contributed by atoms with Gasteiger partial charge in [0.1, 0.15) is 0 Å². The molecule has 0 saturated carbocycles. The van der Waals surface area contributed by atoms with Crippen molar-refractivity contribution in [3.8, 4) is 0 Å². The molecular weight excluding hydrogens is 144 g/mol. The van der Waals surface area contributed by atoms with Gasteiger partial charge in [-0.15, -0.1) is 0 Å². The summed E-state index contributed by atoms with van der Waals surface area (Å²) in [5, 5.41) is 8.05. The van der Waals surface area contributed by atoms with Crippen molar-refractivity contribution in [2.75, 3.05) is 0 Å². The van der Waals surface area contributed by atoms with Gasteiger partial charge in [-0.05, 0) is 19.8 Å². The quantitative estimate of drug-likeness (QED) is 0.387. The molecule has 0 aromatic heterocycles. The third-order valence-electron chi connectivity index (χ3n) is 1.49. The molecule has 0 rings (SSSR count). The Morgan fingerprint density at radius 1 is 1.64 bits per heavy atom. The van der Waals surface area contributed by atoms with Gasteiger partial charge in [0.05, 0.1) is 0 Å². The highest BCUT2D eigenvalue weighted by atomic mass is 17.1. The third kappa shape index (κ3) is 3.78. The monoisotopic (exact) mass is 158 g/mol. The highest BCUT2D eigenvalue weighted by Gasteiger charge is 2.07. The first-order valence-corrected chi connectivity index (χ1v) is 3.77. The van der Waals surface area contributed by atoms with Gasteiger partial charge in [-0.1, -0.05) is 19.4 Å². The van der Waals surface area contributed by atoms with E-state index >= 15 is 0 Å². The lowest BCUT2D eigenvalue weighted by molar-refractivity contribution is -0.229. The van der Waals surface area contributed by atoms with E-state index in [1.807, 2.05) is 6.92 Å². The van der Waals surface area contributed by atoms with E-state index in [0.717, 1.165) is 12.8 Å². The van der Waals surface area contributed by atoms with Crippen molar-refractivity contribution in [1.82, 2.24) is 0 Å². The standard InChI is InChI=1S/C8H14O3/c1-3-5-6-7(4-2)8(9)11-10/h4,10H,3,5-6H2,1-2H3/b7-4+. The molecule has 0 fully saturated rings. The Kier molecular flexibility index (Phi) is 5.47. The van der Waals surface area contributed by atoms with Crippen LogP contribution in [0.2, 0.25) is 0 Å². The van der Waals surface area contributed by atoms with Crippen LogP contribution in [-0.4, -0.2) is 11.2 Å². The van der Waals surface area contributed by atoms with Gasteiger partial charge < -0.3 is 0 Å². The van der Waals surface area contributed by atoms with Crippen molar-refractivity contribution >= 4 is 5.97 Å². The van der Waals surface area contributed by atoms with Gasteiger partial charge in [0.15, 0.2) is 0 Å². The average molecular weight is 158 g/mol. The molecule has 0 aliphatic heterocycles. The number of hydrogen-bond donors (Lipinski definition) is 1. The molecule has 1 N–H and O–H groups in total. The third-order valence-corrected chi connectivity index (χ3v) is 1.49. The first kappa shape index (κ1) is 10.2. The Morgan fingerprint density at radius 2 is 2.27 bits per heavy atom. The molecule has 0 saturated heterocycles. The number of allylic oxidation sites excluding steroid dienone is 1. The molecule has 0 bridgehead atoms. The van der Waals surface area contributed by atoms with Crippen LogP contribution in [0.1, 0.15) is 33.1 Å². The Hall–Kier alpha value is -0.830. The Morgan fingerprint density at radius 3 is 2.64 bits per heavy atom. The smallest absolute Gasteiger partial charge is 0.296 e. The first-order valence-electron chi connectivity index (χ1n) is 3.77. The highest BCUT2D eigenvalue weighted by Crippen LogP contribution is 2.08. The Labute approximate surface area is 66.6 Å². The molecule has 0 heterocycles. The van der Waals surface area contributed by atoms with Crippen molar-refractivity contribution < 1.29 is 14.9 Å². The lowest BCUT2D eigenvalue weighted by Crippen LogP contribution is -2.04. The highest BCUT2D eigenvalue weighted by molar-refractivity contribution is 5.87. The van der Waals surface area contributed by atoms with Crippen LogP contribution in [-0.2, 0) is 9.68 Å². The maximum atomic E-state index is 10.7. The molecule has 0 unspecified atom stereocenters. The van der Waals surface area contributed by atoms with E-state index in [4.69, 9.17) is 5.26 Å². The number of rotatable bonds is 4. The fourth-order valence-corrected chi connectivity index (χ4v) is 0.790.